The lowest BCUT2D eigenvalue weighted by molar-refractivity contribution is 0.190. The predicted molar refractivity (Wildman–Crippen MR) is 80.9 cm³/mol. The van der Waals surface area contributed by atoms with E-state index in [-0.39, 0.29) is 11.2 Å². The smallest absolute Gasteiger partial charge is 0.332 e. The molecule has 0 atom stereocenters. The van der Waals surface area contributed by atoms with Crippen molar-refractivity contribution < 1.29 is 4.74 Å². The summed E-state index contributed by atoms with van der Waals surface area (Å²) >= 11 is 0. The van der Waals surface area contributed by atoms with Gasteiger partial charge in [0.25, 0.3) is 5.56 Å². The van der Waals surface area contributed by atoms with Crippen LogP contribution >= 0.6 is 0 Å². The molecule has 0 saturated heterocycles. The van der Waals surface area contributed by atoms with E-state index in [4.69, 9.17) is 4.74 Å². The lowest BCUT2D eigenvalue weighted by Gasteiger charge is -2.09. The summed E-state index contributed by atoms with van der Waals surface area (Å²) in [4.78, 5) is 32.0. The maximum atomic E-state index is 12.4. The molecule has 2 N–H and O–H groups in total. The van der Waals surface area contributed by atoms with Crippen LogP contribution in [0.3, 0.4) is 0 Å². The van der Waals surface area contributed by atoms with E-state index in [1.165, 1.54) is 9.13 Å². The number of aromatic amines is 1. The van der Waals surface area contributed by atoms with Crippen molar-refractivity contribution in [1.29, 1.82) is 0 Å². The van der Waals surface area contributed by atoms with Gasteiger partial charge in [-0.15, -0.1) is 0 Å². The number of ether oxygens (including phenoxy) is 1. The second-order valence-electron chi connectivity index (χ2n) is 4.64. The van der Waals surface area contributed by atoms with Crippen LogP contribution in [0.1, 0.15) is 20.3 Å². The van der Waals surface area contributed by atoms with E-state index in [1.807, 2.05) is 6.92 Å². The third-order valence-corrected chi connectivity index (χ3v) is 3.25. The molecular weight excluding hydrogens is 274 g/mol. The highest BCUT2D eigenvalue weighted by Crippen LogP contribution is 2.09. The SMILES string of the molecule is CCNc1nc2c([nH]1)c(=O)n(CC)c(=O)n2CCCOC. The molecule has 0 radical (unpaired) electrons. The van der Waals surface area contributed by atoms with Gasteiger partial charge >= 0.3 is 5.69 Å². The van der Waals surface area contributed by atoms with E-state index in [0.29, 0.717) is 49.8 Å². The summed E-state index contributed by atoms with van der Waals surface area (Å²) in [7, 11) is 1.61. The first-order chi connectivity index (χ1) is 10.1. The van der Waals surface area contributed by atoms with Gasteiger partial charge in [-0.3, -0.25) is 13.9 Å². The lowest BCUT2D eigenvalue weighted by Crippen LogP contribution is -2.39. The zero-order valence-electron chi connectivity index (χ0n) is 12.6. The third kappa shape index (κ3) is 2.85. The number of fused-ring (bicyclic) bond motifs is 1. The summed E-state index contributed by atoms with van der Waals surface area (Å²) in [6.45, 7) is 5.71. The van der Waals surface area contributed by atoms with Crippen LogP contribution in [0.5, 0.6) is 0 Å². The molecule has 2 rings (SSSR count). The fourth-order valence-electron chi connectivity index (χ4n) is 2.27. The first-order valence-electron chi connectivity index (χ1n) is 7.10. The minimum atomic E-state index is -0.336. The molecular formula is C13H21N5O3. The molecule has 8 nitrogen and oxygen atoms in total. The van der Waals surface area contributed by atoms with E-state index >= 15 is 0 Å². The molecule has 2 aromatic rings. The average Bonchev–Trinajstić information content (AvgIpc) is 2.87. The van der Waals surface area contributed by atoms with Gasteiger partial charge in [0.05, 0.1) is 0 Å². The maximum Gasteiger partial charge on any atom is 0.332 e. The van der Waals surface area contributed by atoms with Crippen LogP contribution in [-0.4, -0.2) is 39.4 Å². The van der Waals surface area contributed by atoms with Gasteiger partial charge in [0.1, 0.15) is 0 Å². The van der Waals surface area contributed by atoms with Crippen molar-refractivity contribution in [3.63, 3.8) is 0 Å². The normalized spacial score (nSPS) is 11.2. The summed E-state index contributed by atoms with van der Waals surface area (Å²) in [6, 6.07) is 0. The molecule has 0 aliphatic heterocycles. The van der Waals surface area contributed by atoms with Crippen molar-refractivity contribution >= 4 is 17.1 Å². The molecule has 21 heavy (non-hydrogen) atoms. The Morgan fingerprint density at radius 2 is 2.05 bits per heavy atom. The number of hydrogen-bond donors (Lipinski definition) is 2. The van der Waals surface area contributed by atoms with Crippen molar-refractivity contribution in [2.24, 2.45) is 0 Å². The Balaban J connectivity index is 2.62. The number of H-pyrrole nitrogens is 1. The predicted octanol–water partition coefficient (Wildman–Crippen LogP) is 0.375. The van der Waals surface area contributed by atoms with Crippen molar-refractivity contribution in [2.75, 3.05) is 25.6 Å². The Morgan fingerprint density at radius 3 is 2.67 bits per heavy atom. The van der Waals surface area contributed by atoms with Crippen molar-refractivity contribution in [1.82, 2.24) is 19.1 Å². The second kappa shape index (κ2) is 6.57. The van der Waals surface area contributed by atoms with Crippen LogP contribution in [0.15, 0.2) is 9.59 Å². The Morgan fingerprint density at radius 1 is 1.29 bits per heavy atom. The fourth-order valence-corrected chi connectivity index (χ4v) is 2.27. The highest BCUT2D eigenvalue weighted by Gasteiger charge is 2.16. The number of hydrogen-bond acceptors (Lipinski definition) is 5. The second-order valence-corrected chi connectivity index (χ2v) is 4.64. The fraction of sp³-hybridized carbons (Fsp3) is 0.615. The van der Waals surface area contributed by atoms with Crippen LogP contribution in [0.2, 0.25) is 0 Å². The number of nitrogens with one attached hydrogen (secondary N) is 2. The molecule has 0 amide bonds. The van der Waals surface area contributed by atoms with E-state index in [0.717, 1.165) is 0 Å². The summed E-state index contributed by atoms with van der Waals surface area (Å²) in [6.07, 6.45) is 0.677. The molecule has 0 spiro atoms. The molecule has 0 aliphatic rings. The van der Waals surface area contributed by atoms with Gasteiger partial charge in [0, 0.05) is 33.4 Å². The van der Waals surface area contributed by atoms with Crippen LogP contribution in [0.25, 0.3) is 11.2 Å². The topological polar surface area (TPSA) is 93.9 Å². The molecule has 2 aromatic heterocycles. The highest BCUT2D eigenvalue weighted by atomic mass is 16.5. The summed E-state index contributed by atoms with van der Waals surface area (Å²) in [5.41, 5.74) is 0.0735. The molecule has 0 aromatic carbocycles. The zero-order valence-corrected chi connectivity index (χ0v) is 12.6. The quantitative estimate of drug-likeness (QED) is 0.720. The molecule has 0 saturated carbocycles. The maximum absolute atomic E-state index is 12.4. The van der Waals surface area contributed by atoms with Crippen LogP contribution in [0, 0.1) is 0 Å². The van der Waals surface area contributed by atoms with E-state index in [2.05, 4.69) is 15.3 Å². The Bertz CT molecular complexity index is 728. The van der Waals surface area contributed by atoms with Gasteiger partial charge in [0.15, 0.2) is 11.2 Å². The number of anilines is 1. The largest absolute Gasteiger partial charge is 0.385 e. The Kier molecular flexibility index (Phi) is 4.79. The van der Waals surface area contributed by atoms with Gasteiger partial charge in [-0.2, -0.15) is 4.98 Å². The molecule has 0 unspecified atom stereocenters. The molecule has 0 bridgehead atoms. The van der Waals surface area contributed by atoms with E-state index < -0.39 is 0 Å². The summed E-state index contributed by atoms with van der Waals surface area (Å²) in [5.74, 6) is 0.498. The highest BCUT2D eigenvalue weighted by molar-refractivity contribution is 5.72. The van der Waals surface area contributed by atoms with Gasteiger partial charge < -0.3 is 15.0 Å². The summed E-state index contributed by atoms with van der Waals surface area (Å²) < 4.78 is 7.75. The first kappa shape index (κ1) is 15.3. The Hall–Kier alpha value is -2.09. The van der Waals surface area contributed by atoms with Gasteiger partial charge in [0.2, 0.25) is 5.95 Å². The molecule has 116 valence electrons. The van der Waals surface area contributed by atoms with E-state index in [9.17, 15) is 9.59 Å². The van der Waals surface area contributed by atoms with Gasteiger partial charge in [-0.25, -0.2) is 4.79 Å². The number of methoxy groups -OCH3 is 1. The zero-order chi connectivity index (χ0) is 15.4. The first-order valence-corrected chi connectivity index (χ1v) is 7.10. The Labute approximate surface area is 121 Å². The number of nitrogens with zero attached hydrogens (tertiary/aromatic N) is 3. The van der Waals surface area contributed by atoms with Crippen molar-refractivity contribution in [2.45, 2.75) is 33.4 Å². The number of aryl methyl sites for hydroxylation is 1. The lowest BCUT2D eigenvalue weighted by atomic mass is 10.4. The molecule has 8 heteroatoms. The van der Waals surface area contributed by atoms with Crippen LogP contribution in [0.4, 0.5) is 5.95 Å². The monoisotopic (exact) mass is 295 g/mol. The number of imidazole rings is 1. The van der Waals surface area contributed by atoms with Gasteiger partial charge in [-0.05, 0) is 20.3 Å². The average molecular weight is 295 g/mol. The van der Waals surface area contributed by atoms with Crippen LogP contribution in [-0.2, 0) is 17.8 Å². The minimum Gasteiger partial charge on any atom is -0.385 e. The van der Waals surface area contributed by atoms with E-state index in [1.54, 1.807) is 14.0 Å². The number of rotatable bonds is 7. The van der Waals surface area contributed by atoms with Crippen molar-refractivity contribution in [3.05, 3.63) is 20.8 Å². The summed E-state index contributed by atoms with van der Waals surface area (Å²) in [5, 5.41) is 3.02. The molecule has 0 fully saturated rings. The standard InChI is InChI=1S/C13H21N5O3/c1-4-14-12-15-9-10(16-12)18(7-6-8-21-3)13(20)17(5-2)11(9)19/h4-8H2,1-3H3,(H2,14,15,16). The van der Waals surface area contributed by atoms with Crippen molar-refractivity contribution in [3.8, 4) is 0 Å². The molecule has 0 aliphatic carbocycles. The number of aromatic nitrogens is 4. The molecule has 2 heterocycles. The van der Waals surface area contributed by atoms with Crippen LogP contribution < -0.4 is 16.6 Å². The van der Waals surface area contributed by atoms with Gasteiger partial charge in [-0.1, -0.05) is 0 Å². The third-order valence-electron chi connectivity index (χ3n) is 3.25. The minimum absolute atomic E-state index is 0.327.